The average Bonchev–Trinajstić information content (AvgIpc) is 2.28. The Bertz CT molecular complexity index is 510. The Morgan fingerprint density at radius 3 is 2.69 bits per heavy atom. The van der Waals surface area contributed by atoms with Gasteiger partial charge in [0.25, 0.3) is 0 Å². The Labute approximate surface area is 92.7 Å². The number of pyridine rings is 1. The van der Waals surface area contributed by atoms with Crippen molar-refractivity contribution in [1.29, 1.82) is 0 Å². The maximum Gasteiger partial charge on any atom is 0.160 e. The van der Waals surface area contributed by atoms with Gasteiger partial charge in [0, 0.05) is 6.20 Å². The molecule has 0 radical (unpaired) electrons. The van der Waals surface area contributed by atoms with Gasteiger partial charge < -0.3 is 16.8 Å². The zero-order valence-electron chi connectivity index (χ0n) is 8.81. The molecule has 0 amide bonds. The molecule has 16 heavy (non-hydrogen) atoms. The molecule has 0 aliphatic carbocycles. The number of hydrogen-bond acceptors (Lipinski definition) is 6. The van der Waals surface area contributed by atoms with Crippen LogP contribution < -0.4 is 16.8 Å². The Morgan fingerprint density at radius 2 is 1.94 bits per heavy atom. The van der Waals surface area contributed by atoms with Crippen molar-refractivity contribution in [2.75, 3.05) is 16.8 Å². The van der Waals surface area contributed by atoms with Crippen molar-refractivity contribution >= 4 is 23.1 Å². The molecule has 0 saturated carbocycles. The molecule has 6 heteroatoms. The van der Waals surface area contributed by atoms with Crippen molar-refractivity contribution in [3.63, 3.8) is 0 Å². The number of rotatable bonds is 2. The monoisotopic (exact) mass is 216 g/mol. The Hall–Kier alpha value is -2.37. The lowest BCUT2D eigenvalue weighted by Gasteiger charge is -2.09. The van der Waals surface area contributed by atoms with Gasteiger partial charge in [-0.05, 0) is 18.6 Å². The number of anilines is 4. The first-order valence-electron chi connectivity index (χ1n) is 4.73. The van der Waals surface area contributed by atoms with E-state index >= 15 is 0 Å². The lowest BCUT2D eigenvalue weighted by Crippen LogP contribution is -2.05. The fraction of sp³-hybridized carbons (Fsp3) is 0.100. The van der Waals surface area contributed by atoms with Crippen LogP contribution in [0, 0.1) is 6.92 Å². The van der Waals surface area contributed by atoms with Crippen LogP contribution in [0.1, 0.15) is 5.56 Å². The number of nitrogens with zero attached hydrogens (tertiary/aromatic N) is 3. The van der Waals surface area contributed by atoms with Crippen molar-refractivity contribution in [3.8, 4) is 0 Å². The summed E-state index contributed by atoms with van der Waals surface area (Å²) in [5.41, 5.74) is 12.6. The number of aromatic nitrogens is 3. The third-order valence-electron chi connectivity index (χ3n) is 2.16. The van der Waals surface area contributed by atoms with E-state index in [2.05, 4.69) is 20.3 Å². The number of hydrogen-bond donors (Lipinski definition) is 3. The summed E-state index contributed by atoms with van der Waals surface area (Å²) in [5.74, 6) is 1.42. The van der Waals surface area contributed by atoms with E-state index in [1.807, 2.05) is 19.1 Å². The second kappa shape index (κ2) is 4.01. The minimum Gasteiger partial charge on any atom is -0.393 e. The quantitative estimate of drug-likeness (QED) is 0.694. The number of nitrogens with one attached hydrogen (secondary N) is 1. The molecule has 0 aliphatic rings. The maximum atomic E-state index is 5.74. The van der Waals surface area contributed by atoms with E-state index < -0.39 is 0 Å². The summed E-state index contributed by atoms with van der Waals surface area (Å²) in [4.78, 5) is 12.0. The van der Waals surface area contributed by atoms with E-state index in [4.69, 9.17) is 11.5 Å². The smallest absolute Gasteiger partial charge is 0.160 e. The molecule has 0 aromatic carbocycles. The normalized spacial score (nSPS) is 10.1. The van der Waals surface area contributed by atoms with Crippen LogP contribution >= 0.6 is 0 Å². The minimum atomic E-state index is 0.256. The highest BCUT2D eigenvalue weighted by Gasteiger charge is 2.06. The Morgan fingerprint density at radius 1 is 1.12 bits per heavy atom. The summed E-state index contributed by atoms with van der Waals surface area (Å²) >= 11 is 0. The van der Waals surface area contributed by atoms with E-state index in [0.29, 0.717) is 17.3 Å². The van der Waals surface area contributed by atoms with Gasteiger partial charge in [0.1, 0.15) is 17.8 Å². The molecular formula is C10H12N6. The summed E-state index contributed by atoms with van der Waals surface area (Å²) in [6.45, 7) is 1.94. The third kappa shape index (κ3) is 1.85. The number of nitrogen functional groups attached to an aromatic ring is 2. The van der Waals surface area contributed by atoms with Crippen LogP contribution in [0.15, 0.2) is 24.7 Å². The SMILES string of the molecule is Cc1cccnc1Nc1ncnc(N)c1N. The van der Waals surface area contributed by atoms with Gasteiger partial charge in [0.15, 0.2) is 11.6 Å². The largest absolute Gasteiger partial charge is 0.393 e. The van der Waals surface area contributed by atoms with Gasteiger partial charge in [-0.25, -0.2) is 15.0 Å². The molecular weight excluding hydrogens is 204 g/mol. The van der Waals surface area contributed by atoms with Crippen molar-refractivity contribution < 1.29 is 0 Å². The molecule has 0 fully saturated rings. The maximum absolute atomic E-state index is 5.74. The van der Waals surface area contributed by atoms with Crippen LogP contribution in [-0.4, -0.2) is 15.0 Å². The molecule has 0 aliphatic heterocycles. The van der Waals surface area contributed by atoms with Crippen LogP contribution in [0.5, 0.6) is 0 Å². The zero-order valence-corrected chi connectivity index (χ0v) is 8.81. The molecule has 2 rings (SSSR count). The van der Waals surface area contributed by atoms with Gasteiger partial charge in [-0.2, -0.15) is 0 Å². The predicted molar refractivity (Wildman–Crippen MR) is 63.1 cm³/mol. The fourth-order valence-electron chi connectivity index (χ4n) is 1.24. The number of nitrogens with two attached hydrogens (primary N) is 2. The van der Waals surface area contributed by atoms with E-state index in [1.54, 1.807) is 6.20 Å². The molecule has 0 atom stereocenters. The lowest BCUT2D eigenvalue weighted by atomic mass is 10.3. The predicted octanol–water partition coefficient (Wildman–Crippen LogP) is 1.09. The summed E-state index contributed by atoms with van der Waals surface area (Å²) < 4.78 is 0. The van der Waals surface area contributed by atoms with Crippen molar-refractivity contribution in [3.05, 3.63) is 30.2 Å². The average molecular weight is 216 g/mol. The third-order valence-corrected chi connectivity index (χ3v) is 2.16. The first-order valence-corrected chi connectivity index (χ1v) is 4.73. The first-order chi connectivity index (χ1) is 7.68. The summed E-state index contributed by atoms with van der Waals surface area (Å²) in [6.07, 6.45) is 3.04. The summed E-state index contributed by atoms with van der Waals surface area (Å²) in [7, 11) is 0. The molecule has 5 N–H and O–H groups in total. The molecule has 82 valence electrons. The van der Waals surface area contributed by atoms with Gasteiger partial charge in [0.05, 0.1) is 0 Å². The molecule has 6 nitrogen and oxygen atoms in total. The van der Waals surface area contributed by atoms with E-state index in [0.717, 1.165) is 5.56 Å². The van der Waals surface area contributed by atoms with Gasteiger partial charge in [0.2, 0.25) is 0 Å². The van der Waals surface area contributed by atoms with Crippen molar-refractivity contribution in [2.24, 2.45) is 0 Å². The summed E-state index contributed by atoms with van der Waals surface area (Å²) in [5, 5.41) is 3.01. The Balaban J connectivity index is 2.35. The topological polar surface area (TPSA) is 103 Å². The Kier molecular flexibility index (Phi) is 2.55. The highest BCUT2D eigenvalue weighted by atomic mass is 15.1. The molecule has 0 spiro atoms. The van der Waals surface area contributed by atoms with Crippen molar-refractivity contribution in [2.45, 2.75) is 6.92 Å². The lowest BCUT2D eigenvalue weighted by molar-refractivity contribution is 1.16. The van der Waals surface area contributed by atoms with E-state index in [-0.39, 0.29) is 5.82 Å². The standard InChI is InChI=1S/C10H12N6/c1-6-3-2-4-13-9(6)16-10-7(11)8(12)14-5-15-10/h2-5H,11H2,1H3,(H3,12,13,14,15,16). The molecule has 0 unspecified atom stereocenters. The first kappa shape index (κ1) is 10.2. The molecule has 2 aromatic heterocycles. The van der Waals surface area contributed by atoms with Gasteiger partial charge in [-0.15, -0.1) is 0 Å². The molecule has 0 bridgehead atoms. The highest BCUT2D eigenvalue weighted by Crippen LogP contribution is 2.23. The second-order valence-corrected chi connectivity index (χ2v) is 3.32. The van der Waals surface area contributed by atoms with E-state index in [9.17, 15) is 0 Å². The van der Waals surface area contributed by atoms with Crippen LogP contribution in [0.3, 0.4) is 0 Å². The van der Waals surface area contributed by atoms with Gasteiger partial charge in [-0.1, -0.05) is 6.07 Å². The van der Waals surface area contributed by atoms with E-state index in [1.165, 1.54) is 6.33 Å². The minimum absolute atomic E-state index is 0.256. The van der Waals surface area contributed by atoms with Crippen LogP contribution in [0.4, 0.5) is 23.1 Å². The van der Waals surface area contributed by atoms with Crippen molar-refractivity contribution in [1.82, 2.24) is 15.0 Å². The highest BCUT2D eigenvalue weighted by molar-refractivity contribution is 5.75. The van der Waals surface area contributed by atoms with Crippen LogP contribution in [-0.2, 0) is 0 Å². The second-order valence-electron chi connectivity index (χ2n) is 3.32. The van der Waals surface area contributed by atoms with Gasteiger partial charge in [-0.3, -0.25) is 0 Å². The zero-order chi connectivity index (χ0) is 11.5. The molecule has 2 heterocycles. The number of aryl methyl sites for hydroxylation is 1. The molecule has 2 aromatic rings. The van der Waals surface area contributed by atoms with Crippen LogP contribution in [0.25, 0.3) is 0 Å². The van der Waals surface area contributed by atoms with Crippen LogP contribution in [0.2, 0.25) is 0 Å². The van der Waals surface area contributed by atoms with Gasteiger partial charge >= 0.3 is 0 Å². The fourth-order valence-corrected chi connectivity index (χ4v) is 1.24. The summed E-state index contributed by atoms with van der Waals surface area (Å²) in [6, 6.07) is 3.80. The molecule has 0 saturated heterocycles.